The highest BCUT2D eigenvalue weighted by Crippen LogP contribution is 2.22. The smallest absolute Gasteiger partial charge is 0.255 e. The molecule has 9 heteroatoms. The lowest BCUT2D eigenvalue weighted by molar-refractivity contribution is 0.0950. The fourth-order valence-corrected chi connectivity index (χ4v) is 4.29. The molecule has 1 aromatic heterocycles. The zero-order valence-electron chi connectivity index (χ0n) is 20.0. The summed E-state index contributed by atoms with van der Waals surface area (Å²) in [5.74, 6) is -0.358. The van der Waals surface area contributed by atoms with E-state index in [1.54, 1.807) is 35.3 Å². The number of fused-ring (bicyclic) bond motifs is 1. The molecule has 36 heavy (non-hydrogen) atoms. The second-order valence-electron chi connectivity index (χ2n) is 9.01. The van der Waals surface area contributed by atoms with E-state index in [0.29, 0.717) is 24.2 Å². The molecule has 2 N–H and O–H groups in total. The molecule has 0 saturated heterocycles. The number of aromatic nitrogens is 4. The number of rotatable bonds is 7. The molecular formula is C27H27N7O2. The van der Waals surface area contributed by atoms with Crippen LogP contribution in [0.25, 0.3) is 0 Å². The number of nitrogens with zero attached hydrogens (tertiary/aromatic N) is 5. The molecule has 0 spiro atoms. The van der Waals surface area contributed by atoms with Crippen LogP contribution in [0.2, 0.25) is 0 Å². The van der Waals surface area contributed by atoms with E-state index >= 15 is 0 Å². The van der Waals surface area contributed by atoms with Gasteiger partial charge in [0.25, 0.3) is 11.8 Å². The molecule has 1 aliphatic heterocycles. The van der Waals surface area contributed by atoms with Gasteiger partial charge in [-0.3, -0.25) is 9.59 Å². The third-order valence-corrected chi connectivity index (χ3v) is 6.26. The van der Waals surface area contributed by atoms with Gasteiger partial charge in [-0.25, -0.2) is 4.68 Å². The van der Waals surface area contributed by atoms with Crippen LogP contribution in [0.5, 0.6) is 0 Å². The quantitative estimate of drug-likeness (QED) is 0.421. The van der Waals surface area contributed by atoms with Crippen molar-refractivity contribution >= 4 is 17.5 Å². The molecule has 9 nitrogen and oxygen atoms in total. The van der Waals surface area contributed by atoms with Gasteiger partial charge in [0, 0.05) is 36.4 Å². The van der Waals surface area contributed by atoms with Crippen molar-refractivity contribution in [1.82, 2.24) is 30.4 Å². The summed E-state index contributed by atoms with van der Waals surface area (Å²) in [5.41, 5.74) is 6.32. The van der Waals surface area contributed by atoms with Gasteiger partial charge in [0.05, 0.1) is 6.54 Å². The SMILES string of the molecule is CN1CCc2ccc(NC(=O)c3cccc(CNC(=O)c4ccc(Cn5cnnn5)cc4)c3)cc2C1. The van der Waals surface area contributed by atoms with Crippen LogP contribution in [0.15, 0.2) is 73.1 Å². The minimum Gasteiger partial charge on any atom is -0.348 e. The number of amides is 2. The van der Waals surface area contributed by atoms with E-state index in [0.717, 1.165) is 36.3 Å². The first kappa shape index (κ1) is 23.4. The first-order valence-corrected chi connectivity index (χ1v) is 11.8. The molecule has 0 atom stereocenters. The first-order chi connectivity index (χ1) is 17.5. The second-order valence-corrected chi connectivity index (χ2v) is 9.01. The maximum absolute atomic E-state index is 12.9. The number of likely N-dealkylation sites (N-methyl/N-ethyl adjacent to an activating group) is 1. The predicted molar refractivity (Wildman–Crippen MR) is 135 cm³/mol. The Balaban J connectivity index is 1.17. The van der Waals surface area contributed by atoms with Crippen LogP contribution in [-0.4, -0.2) is 50.5 Å². The highest BCUT2D eigenvalue weighted by molar-refractivity contribution is 6.04. The van der Waals surface area contributed by atoms with Gasteiger partial charge in [-0.05, 0) is 82.5 Å². The molecule has 0 unspecified atom stereocenters. The highest BCUT2D eigenvalue weighted by atomic mass is 16.2. The number of carbonyl (C=O) groups excluding carboxylic acids is 2. The molecule has 0 radical (unpaired) electrons. The van der Waals surface area contributed by atoms with Crippen molar-refractivity contribution in [2.45, 2.75) is 26.1 Å². The average molecular weight is 482 g/mol. The van der Waals surface area contributed by atoms with E-state index in [-0.39, 0.29) is 11.8 Å². The number of benzene rings is 3. The fraction of sp³-hybridized carbons (Fsp3) is 0.222. The summed E-state index contributed by atoms with van der Waals surface area (Å²) in [5, 5.41) is 17.0. The van der Waals surface area contributed by atoms with Gasteiger partial charge >= 0.3 is 0 Å². The molecule has 0 saturated carbocycles. The van der Waals surface area contributed by atoms with Crippen LogP contribution < -0.4 is 10.6 Å². The van der Waals surface area contributed by atoms with Gasteiger partial charge < -0.3 is 15.5 Å². The molecule has 5 rings (SSSR count). The van der Waals surface area contributed by atoms with Gasteiger partial charge in [0.15, 0.2) is 0 Å². The molecule has 2 heterocycles. The molecule has 1 aliphatic rings. The van der Waals surface area contributed by atoms with Crippen molar-refractivity contribution in [3.8, 4) is 0 Å². The van der Waals surface area contributed by atoms with Crippen LogP contribution in [-0.2, 0) is 26.1 Å². The third-order valence-electron chi connectivity index (χ3n) is 6.26. The summed E-state index contributed by atoms with van der Waals surface area (Å²) in [6.45, 7) is 2.79. The van der Waals surface area contributed by atoms with E-state index in [4.69, 9.17) is 0 Å². The van der Waals surface area contributed by atoms with Gasteiger partial charge in [0.1, 0.15) is 6.33 Å². The maximum Gasteiger partial charge on any atom is 0.255 e. The monoisotopic (exact) mass is 481 g/mol. The Morgan fingerprint density at radius 2 is 1.78 bits per heavy atom. The molecule has 0 bridgehead atoms. The summed E-state index contributed by atoms with van der Waals surface area (Å²) in [6, 6.07) is 20.7. The molecule has 3 aromatic carbocycles. The Hall–Kier alpha value is -4.37. The van der Waals surface area contributed by atoms with Crippen molar-refractivity contribution in [1.29, 1.82) is 0 Å². The van der Waals surface area contributed by atoms with Crippen molar-refractivity contribution in [3.05, 3.63) is 106 Å². The minimum atomic E-state index is -0.183. The van der Waals surface area contributed by atoms with Gasteiger partial charge in [-0.2, -0.15) is 0 Å². The molecule has 0 aliphatic carbocycles. The van der Waals surface area contributed by atoms with Crippen LogP contribution in [0.4, 0.5) is 5.69 Å². The Labute approximate surface area is 209 Å². The Bertz CT molecular complexity index is 1370. The highest BCUT2D eigenvalue weighted by Gasteiger charge is 2.15. The van der Waals surface area contributed by atoms with Crippen LogP contribution in [0.1, 0.15) is 43.0 Å². The molecule has 182 valence electrons. The number of hydrogen-bond acceptors (Lipinski definition) is 6. The predicted octanol–water partition coefficient (Wildman–Crippen LogP) is 2.89. The lowest BCUT2D eigenvalue weighted by atomic mass is 9.99. The Morgan fingerprint density at radius 3 is 2.58 bits per heavy atom. The van der Waals surface area contributed by atoms with Crippen molar-refractivity contribution in [3.63, 3.8) is 0 Å². The van der Waals surface area contributed by atoms with Crippen molar-refractivity contribution in [2.75, 3.05) is 18.9 Å². The average Bonchev–Trinajstić information content (AvgIpc) is 3.41. The standard InChI is InChI=1S/C27H27N7O2/c1-33-12-11-21-9-10-25(14-24(21)17-33)30-27(36)23-4-2-3-20(13-23)15-28-26(35)22-7-5-19(6-8-22)16-34-18-29-31-32-34/h2-10,13-14,18H,11-12,15-17H2,1H3,(H,28,35)(H,30,36). The van der Waals surface area contributed by atoms with E-state index in [2.05, 4.69) is 50.2 Å². The van der Waals surface area contributed by atoms with Crippen LogP contribution in [0, 0.1) is 0 Å². The lowest BCUT2D eigenvalue weighted by Crippen LogP contribution is -2.26. The molecular weight excluding hydrogens is 454 g/mol. The van der Waals surface area contributed by atoms with Gasteiger partial charge in [-0.15, -0.1) is 5.10 Å². The van der Waals surface area contributed by atoms with E-state index < -0.39 is 0 Å². The summed E-state index contributed by atoms with van der Waals surface area (Å²) in [6.07, 6.45) is 2.57. The summed E-state index contributed by atoms with van der Waals surface area (Å²) in [4.78, 5) is 27.8. The maximum atomic E-state index is 12.9. The first-order valence-electron chi connectivity index (χ1n) is 11.8. The van der Waals surface area contributed by atoms with E-state index in [1.807, 2.05) is 30.3 Å². The van der Waals surface area contributed by atoms with E-state index in [1.165, 1.54) is 11.1 Å². The van der Waals surface area contributed by atoms with Gasteiger partial charge in [-0.1, -0.05) is 30.3 Å². The Morgan fingerprint density at radius 1 is 0.917 bits per heavy atom. The topological polar surface area (TPSA) is 105 Å². The minimum absolute atomic E-state index is 0.175. The molecule has 0 fully saturated rings. The summed E-state index contributed by atoms with van der Waals surface area (Å²) >= 11 is 0. The van der Waals surface area contributed by atoms with Gasteiger partial charge in [0.2, 0.25) is 0 Å². The largest absolute Gasteiger partial charge is 0.348 e. The molecule has 4 aromatic rings. The number of nitrogens with one attached hydrogen (secondary N) is 2. The number of hydrogen-bond donors (Lipinski definition) is 2. The number of tetrazole rings is 1. The zero-order valence-corrected chi connectivity index (χ0v) is 20.0. The fourth-order valence-electron chi connectivity index (χ4n) is 4.29. The normalized spacial score (nSPS) is 13.1. The number of carbonyl (C=O) groups is 2. The second kappa shape index (κ2) is 10.5. The van der Waals surface area contributed by atoms with Crippen molar-refractivity contribution in [2.24, 2.45) is 0 Å². The van der Waals surface area contributed by atoms with E-state index in [9.17, 15) is 9.59 Å². The number of anilines is 1. The lowest BCUT2D eigenvalue weighted by Gasteiger charge is -2.25. The van der Waals surface area contributed by atoms with Crippen LogP contribution >= 0.6 is 0 Å². The summed E-state index contributed by atoms with van der Waals surface area (Å²) in [7, 11) is 2.10. The Kier molecular flexibility index (Phi) is 6.81. The third kappa shape index (κ3) is 5.64. The molecule has 2 amide bonds. The zero-order chi connectivity index (χ0) is 24.9. The van der Waals surface area contributed by atoms with Crippen molar-refractivity contribution < 1.29 is 9.59 Å². The van der Waals surface area contributed by atoms with Crippen LogP contribution in [0.3, 0.4) is 0 Å². The summed E-state index contributed by atoms with van der Waals surface area (Å²) < 4.78 is 1.61.